The van der Waals surface area contributed by atoms with Gasteiger partial charge in [0.2, 0.25) is 0 Å². The highest BCUT2D eigenvalue weighted by molar-refractivity contribution is 7.59. The lowest BCUT2D eigenvalue weighted by Gasteiger charge is -2.26. The molecule has 0 saturated heterocycles. The Bertz CT molecular complexity index is 4110. The molecule has 0 radical (unpaired) electrons. The van der Waals surface area contributed by atoms with E-state index >= 15 is 17.6 Å². The van der Waals surface area contributed by atoms with Gasteiger partial charge in [0, 0.05) is 65.2 Å². The monoisotopic (exact) mass is 1480 g/mol. The molecule has 2 heterocycles. The maximum Gasteiger partial charge on any atom is 0.326 e. The number of carbonyl (C=O) groups excluding carboxylic acids is 3. The number of hydrogen-bond donors (Lipinski definition) is 2. The minimum atomic E-state index is -1.23. The van der Waals surface area contributed by atoms with Crippen LogP contribution in [0.4, 0.5) is 26.3 Å². The number of aryl methyl sites for hydroxylation is 8. The second-order valence-corrected chi connectivity index (χ2v) is 29.2. The molecule has 2 aromatic heterocycles. The van der Waals surface area contributed by atoms with Gasteiger partial charge in [-0.05, 0) is 288 Å². The summed E-state index contributed by atoms with van der Waals surface area (Å²) in [6.45, 7) is 26.7. The Morgan fingerprint density at radius 1 is 0.524 bits per heavy atom. The van der Waals surface area contributed by atoms with Crippen LogP contribution in [-0.4, -0.2) is 102 Å². The van der Waals surface area contributed by atoms with Crippen molar-refractivity contribution in [1.82, 2.24) is 18.9 Å². The minimum Gasteiger partial charge on any atom is -0.480 e. The molecular weight excluding hydrogens is 1370 g/mol. The van der Waals surface area contributed by atoms with Crippen LogP contribution in [0.1, 0.15) is 226 Å². The van der Waals surface area contributed by atoms with E-state index in [1.54, 1.807) is 72.1 Å². The molecule has 4 aromatic carbocycles. The first-order valence-corrected chi connectivity index (χ1v) is 35.6. The molecule has 0 bridgehead atoms. The molecule has 3 N–H and O–H groups in total. The van der Waals surface area contributed by atoms with Gasteiger partial charge in [-0.25, -0.2) is 31.1 Å². The Balaban J connectivity index is 0.000000358. The maximum atomic E-state index is 16.9. The fraction of sp³-hybridized carbons (Fsp3) is 0.531. The van der Waals surface area contributed by atoms with E-state index in [0.717, 1.165) is 85.9 Å². The summed E-state index contributed by atoms with van der Waals surface area (Å²) in [6, 6.07) is 6.43. The van der Waals surface area contributed by atoms with Crippen LogP contribution < -0.4 is 16.9 Å². The lowest BCUT2D eigenvalue weighted by molar-refractivity contribution is -0.144. The van der Waals surface area contributed by atoms with Gasteiger partial charge in [0.1, 0.15) is 40.9 Å². The first-order valence-electron chi connectivity index (χ1n) is 35.6. The predicted molar refractivity (Wildman–Crippen MR) is 408 cm³/mol. The van der Waals surface area contributed by atoms with E-state index in [1.165, 1.54) is 41.2 Å². The van der Waals surface area contributed by atoms with E-state index in [4.69, 9.17) is 15.2 Å². The molecule has 568 valence electrons. The second-order valence-electron chi connectivity index (χ2n) is 29.2. The van der Waals surface area contributed by atoms with Crippen LogP contribution in [0, 0.1) is 102 Å². The molecule has 2 saturated carbocycles. The lowest BCUT2D eigenvalue weighted by Crippen LogP contribution is -2.32. The van der Waals surface area contributed by atoms with E-state index in [1.807, 2.05) is 69.7 Å². The van der Waals surface area contributed by atoms with Crippen molar-refractivity contribution in [2.75, 3.05) is 54.5 Å². The molecule has 4 atom stereocenters. The Morgan fingerprint density at radius 2 is 0.903 bits per heavy atom. The van der Waals surface area contributed by atoms with Crippen LogP contribution in [0.15, 0.2) is 58.4 Å². The Morgan fingerprint density at radius 3 is 1.28 bits per heavy atom. The average Bonchev–Trinajstić information content (AvgIpc) is 1.75. The molecule has 8 rings (SSSR count). The molecule has 2 unspecified atom stereocenters. The van der Waals surface area contributed by atoms with Crippen LogP contribution in [0.2, 0.25) is 0 Å². The molecule has 6 aromatic rings. The van der Waals surface area contributed by atoms with E-state index in [9.17, 15) is 42.7 Å². The summed E-state index contributed by atoms with van der Waals surface area (Å²) in [5, 5.41) is 9.44. The third-order valence-electron chi connectivity index (χ3n) is 19.1. The summed E-state index contributed by atoms with van der Waals surface area (Å²) in [6.07, 6.45) is 10.2. The van der Waals surface area contributed by atoms with Gasteiger partial charge in [-0.1, -0.05) is 39.8 Å². The van der Waals surface area contributed by atoms with Gasteiger partial charge in [-0.2, -0.15) is 27.0 Å². The fourth-order valence-electron chi connectivity index (χ4n) is 13.6. The number of carboxylic acids is 1. The topological polar surface area (TPSA) is 183 Å². The van der Waals surface area contributed by atoms with E-state index in [-0.39, 0.29) is 121 Å². The molecule has 0 aliphatic heterocycles. The summed E-state index contributed by atoms with van der Waals surface area (Å²) < 4.78 is 107. The maximum absolute atomic E-state index is 16.9. The number of carboxylic acid groups (broad SMARTS) is 1. The van der Waals surface area contributed by atoms with Crippen LogP contribution in [0.5, 0.6) is 0 Å². The molecule has 0 spiro atoms. The van der Waals surface area contributed by atoms with Crippen LogP contribution in [-0.2, 0) is 41.5 Å². The van der Waals surface area contributed by atoms with E-state index < -0.39 is 95.2 Å². The fourth-order valence-corrected chi connectivity index (χ4v) is 13.6. The third-order valence-corrected chi connectivity index (χ3v) is 19.1. The Labute approximate surface area is 619 Å². The van der Waals surface area contributed by atoms with E-state index in [2.05, 4.69) is 9.80 Å². The molecule has 2 aliphatic rings. The second kappa shape index (κ2) is 39.4. The Kier molecular flexibility index (Phi) is 33.8. The number of nitrogens with zero attached hydrogens (tertiary/aromatic N) is 4. The van der Waals surface area contributed by atoms with Crippen molar-refractivity contribution in [3.63, 3.8) is 0 Å². The number of carbonyl (C=O) groups is 4. The quantitative estimate of drug-likeness (QED) is 0.0322. The minimum absolute atomic E-state index is 0. The number of Topliss-reactive ketones (excluding diaryl/α,β-unsaturated/α-hetero) is 1. The van der Waals surface area contributed by atoms with Crippen molar-refractivity contribution in [1.29, 1.82) is 0 Å². The lowest BCUT2D eigenvalue weighted by atomic mass is 9.82. The summed E-state index contributed by atoms with van der Waals surface area (Å²) in [4.78, 5) is 80.4. The summed E-state index contributed by atoms with van der Waals surface area (Å²) in [7, 11) is 8.03. The van der Waals surface area contributed by atoms with Crippen LogP contribution >= 0.6 is 27.0 Å². The van der Waals surface area contributed by atoms with Crippen molar-refractivity contribution in [2.45, 2.75) is 216 Å². The van der Waals surface area contributed by atoms with Crippen molar-refractivity contribution >= 4 is 50.7 Å². The highest BCUT2D eigenvalue weighted by Gasteiger charge is 2.36. The molecule has 14 nitrogen and oxygen atoms in total. The van der Waals surface area contributed by atoms with E-state index in [0.29, 0.717) is 52.6 Å². The number of benzene rings is 4. The number of esters is 2. The standard InChI is InChI=1S/C41H53F3N2O4.C23H26F3NO2.C17H28N2O3.2H2S/c1-10-50-36(49)21-30(20-34(47)33(16-23(2)3)46-22-29(12-11-15-45(8)9)24(4)19-35(46)48)38-39(42)26(6)18-32(41(38)44)37-25(5)17-31(28-13-14-28)40(43)27(37)7;1-5-29-18(28)10-17(27)20-21(24)12(3)9-16(23(20)26)19-11(2)8-15(14-6-7-14)22(25)13(19)4;1-12(2)9-15(17(21)22)19-11-14(7-6-8-18(4)5)13(3)10-16(19)20;;/h17-19,22-23,28,30,33H,10-16,20-21H2,1-9H3;8-9,14,17H,5-7,10,27H2,1-4H3;10-12,15H,6-9H2,1-5H3,(H,21,22);2*1H2/t30-,33?;17-;;;/m00.../s1. The summed E-state index contributed by atoms with van der Waals surface area (Å²) >= 11 is 0. The predicted octanol–water partition coefficient (Wildman–Crippen LogP) is 16.9. The smallest absolute Gasteiger partial charge is 0.326 e. The first kappa shape index (κ1) is 88.4. The normalized spacial score (nSPS) is 13.9. The average molecular weight is 1480 g/mol. The van der Waals surface area contributed by atoms with Crippen molar-refractivity contribution in [2.24, 2.45) is 17.6 Å². The van der Waals surface area contributed by atoms with Crippen molar-refractivity contribution in [3.05, 3.63) is 182 Å². The van der Waals surface area contributed by atoms with Crippen LogP contribution in [0.25, 0.3) is 22.3 Å². The molecule has 2 aliphatic carbocycles. The molecule has 103 heavy (non-hydrogen) atoms. The van der Waals surface area contributed by atoms with Crippen molar-refractivity contribution in [3.8, 4) is 22.3 Å². The number of aliphatic carboxylic acids is 1. The first-order chi connectivity index (χ1) is 47.4. The number of aromatic nitrogens is 2. The molecule has 0 amide bonds. The van der Waals surface area contributed by atoms with Gasteiger partial charge < -0.3 is 39.2 Å². The van der Waals surface area contributed by atoms with Crippen LogP contribution in [0.3, 0.4) is 0 Å². The summed E-state index contributed by atoms with van der Waals surface area (Å²) in [5.41, 5.74) is 12.8. The van der Waals surface area contributed by atoms with Gasteiger partial charge in [0.25, 0.3) is 11.1 Å². The largest absolute Gasteiger partial charge is 0.480 e. The van der Waals surface area contributed by atoms with Gasteiger partial charge in [-0.15, -0.1) is 0 Å². The number of rotatable bonds is 30. The molecule has 22 heteroatoms. The number of nitrogens with two attached hydrogens (primary N) is 1. The number of pyridine rings is 2. The van der Waals surface area contributed by atoms with Gasteiger partial charge in [-0.3, -0.25) is 24.0 Å². The summed E-state index contributed by atoms with van der Waals surface area (Å²) in [5.74, 6) is -7.53. The third kappa shape index (κ3) is 23.0. The Hall–Kier alpha value is -6.98. The highest BCUT2D eigenvalue weighted by atomic mass is 32.1. The number of ether oxygens (including phenoxy) is 2. The van der Waals surface area contributed by atoms with Gasteiger partial charge in [0.15, 0.2) is 5.78 Å². The zero-order valence-corrected chi connectivity index (χ0v) is 65.6. The zero-order chi connectivity index (χ0) is 75.3. The number of ketones is 1. The van der Waals surface area contributed by atoms with Gasteiger partial charge in [0.05, 0.1) is 32.1 Å². The highest BCUT2D eigenvalue weighted by Crippen LogP contribution is 2.48. The number of hydrogen-bond acceptors (Lipinski definition) is 11. The molecule has 2 fully saturated rings. The molecular formula is C81H111F6N5O9S2. The van der Waals surface area contributed by atoms with Crippen molar-refractivity contribution < 1.29 is 60.1 Å². The number of halogens is 6. The zero-order valence-electron chi connectivity index (χ0n) is 63.6. The van der Waals surface area contributed by atoms with Gasteiger partial charge >= 0.3 is 17.9 Å². The SMILES string of the molecule is CCOC(=O)C[C@H](CC(=O)C(CC(C)C)n1cc(CCCN(C)C)c(C)cc1=O)c1c(F)c(C)cc(-c2c(C)cc(C3CC3)c(F)c2C)c1F.CCOC(=O)C[C@H](N)c1c(F)c(C)cc(-c2c(C)cc(C3CC3)c(F)c2C)c1F.Cc1cc(=O)n(C(CC(C)C)C(=O)O)cc1CCCN(C)C.S.S.